The van der Waals surface area contributed by atoms with E-state index in [1.165, 1.54) is 0 Å². The van der Waals surface area contributed by atoms with Crippen LogP contribution in [-0.4, -0.2) is 42.9 Å². The molecule has 2 amide bonds. The summed E-state index contributed by atoms with van der Waals surface area (Å²) in [6.45, 7) is 7.30. The van der Waals surface area contributed by atoms with E-state index in [9.17, 15) is 9.59 Å². The first-order chi connectivity index (χ1) is 13.1. The zero-order chi connectivity index (χ0) is 19.5. The molecule has 5 nitrogen and oxygen atoms in total. The van der Waals surface area contributed by atoms with Crippen molar-refractivity contribution in [2.45, 2.75) is 58.4 Å². The van der Waals surface area contributed by atoms with Crippen LogP contribution in [0.4, 0.5) is 0 Å². The van der Waals surface area contributed by atoms with Gasteiger partial charge in [-0.05, 0) is 43.7 Å². The molecule has 0 radical (unpaired) electrons. The van der Waals surface area contributed by atoms with Gasteiger partial charge in [0.05, 0.1) is 0 Å². The van der Waals surface area contributed by atoms with Crippen molar-refractivity contribution in [3.63, 3.8) is 0 Å². The Morgan fingerprint density at radius 1 is 1.11 bits per heavy atom. The van der Waals surface area contributed by atoms with Crippen molar-refractivity contribution in [1.82, 2.24) is 15.5 Å². The standard InChI is InChI=1S/C22H35N3O2/c1-18(2)11-12-22(27)25-15-7-6-13-23-20(19-9-4-3-5-10-19)17-21(26)24-14-8-16-25/h3-5,9-10,18,20,23H,6-8,11-17H2,1-2H3,(H,24,26). The summed E-state index contributed by atoms with van der Waals surface area (Å²) in [5.41, 5.74) is 1.15. The van der Waals surface area contributed by atoms with Crippen LogP contribution in [-0.2, 0) is 9.59 Å². The second-order valence-electron chi connectivity index (χ2n) is 7.85. The fourth-order valence-corrected chi connectivity index (χ4v) is 3.38. The molecule has 0 aromatic heterocycles. The van der Waals surface area contributed by atoms with E-state index in [0.29, 0.717) is 25.3 Å². The van der Waals surface area contributed by atoms with Crippen LogP contribution < -0.4 is 10.6 Å². The first kappa shape index (κ1) is 21.4. The summed E-state index contributed by atoms with van der Waals surface area (Å²) in [4.78, 5) is 26.8. The topological polar surface area (TPSA) is 61.4 Å². The van der Waals surface area contributed by atoms with Crippen LogP contribution in [0.5, 0.6) is 0 Å². The number of nitrogens with one attached hydrogen (secondary N) is 2. The van der Waals surface area contributed by atoms with Crippen LogP contribution in [0.1, 0.15) is 64.0 Å². The van der Waals surface area contributed by atoms with Crippen LogP contribution in [0, 0.1) is 5.92 Å². The fourth-order valence-electron chi connectivity index (χ4n) is 3.38. The van der Waals surface area contributed by atoms with E-state index in [1.54, 1.807) is 0 Å². The molecule has 1 unspecified atom stereocenters. The van der Waals surface area contributed by atoms with E-state index >= 15 is 0 Å². The quantitative estimate of drug-likeness (QED) is 0.851. The summed E-state index contributed by atoms with van der Waals surface area (Å²) in [7, 11) is 0. The molecule has 1 aliphatic rings. The van der Waals surface area contributed by atoms with Crippen LogP contribution in [0.25, 0.3) is 0 Å². The normalized spacial score (nSPS) is 20.3. The zero-order valence-corrected chi connectivity index (χ0v) is 16.9. The van der Waals surface area contributed by atoms with Gasteiger partial charge < -0.3 is 15.5 Å². The Hall–Kier alpha value is -1.88. The maximum absolute atomic E-state index is 12.5. The summed E-state index contributed by atoms with van der Waals surface area (Å²) < 4.78 is 0. The number of benzene rings is 1. The Balaban J connectivity index is 1.93. The predicted octanol–water partition coefficient (Wildman–Crippen LogP) is 3.27. The SMILES string of the molecule is CC(C)CCC(=O)N1CCCCNC(c2ccccc2)CC(=O)NCCC1. The molecule has 0 bridgehead atoms. The van der Waals surface area contributed by atoms with Gasteiger partial charge in [0.2, 0.25) is 11.8 Å². The van der Waals surface area contributed by atoms with Gasteiger partial charge in [-0.2, -0.15) is 0 Å². The lowest BCUT2D eigenvalue weighted by molar-refractivity contribution is -0.131. The zero-order valence-electron chi connectivity index (χ0n) is 16.9. The lowest BCUT2D eigenvalue weighted by Crippen LogP contribution is -2.35. The average Bonchev–Trinajstić information content (AvgIpc) is 2.68. The summed E-state index contributed by atoms with van der Waals surface area (Å²) in [5.74, 6) is 0.858. The molecule has 1 aromatic rings. The van der Waals surface area contributed by atoms with E-state index in [4.69, 9.17) is 0 Å². The molecule has 1 heterocycles. The Labute approximate surface area is 163 Å². The molecule has 0 spiro atoms. The molecule has 1 aliphatic heterocycles. The minimum Gasteiger partial charge on any atom is -0.356 e. The highest BCUT2D eigenvalue weighted by molar-refractivity contribution is 5.77. The molecule has 0 saturated carbocycles. The van der Waals surface area contributed by atoms with Crippen molar-refractivity contribution in [3.05, 3.63) is 35.9 Å². The maximum atomic E-state index is 12.5. The Bertz CT molecular complexity index is 574. The predicted molar refractivity (Wildman–Crippen MR) is 109 cm³/mol. The largest absolute Gasteiger partial charge is 0.356 e. The van der Waals surface area contributed by atoms with E-state index in [0.717, 1.165) is 50.9 Å². The van der Waals surface area contributed by atoms with Gasteiger partial charge in [0.25, 0.3) is 0 Å². The number of hydrogen-bond acceptors (Lipinski definition) is 3. The third-order valence-corrected chi connectivity index (χ3v) is 5.05. The highest BCUT2D eigenvalue weighted by Gasteiger charge is 2.17. The minimum atomic E-state index is 0.0377. The van der Waals surface area contributed by atoms with Gasteiger partial charge in [0.15, 0.2) is 0 Å². The lowest BCUT2D eigenvalue weighted by atomic mass is 10.0. The average molecular weight is 374 g/mol. The van der Waals surface area contributed by atoms with Crippen molar-refractivity contribution in [1.29, 1.82) is 0 Å². The van der Waals surface area contributed by atoms with E-state index in [-0.39, 0.29) is 17.9 Å². The second-order valence-corrected chi connectivity index (χ2v) is 7.85. The smallest absolute Gasteiger partial charge is 0.222 e. The van der Waals surface area contributed by atoms with Gasteiger partial charge in [-0.3, -0.25) is 9.59 Å². The van der Waals surface area contributed by atoms with Crippen molar-refractivity contribution in [2.75, 3.05) is 26.2 Å². The summed E-state index contributed by atoms with van der Waals surface area (Å²) in [5, 5.41) is 6.54. The second kappa shape index (κ2) is 11.8. The van der Waals surface area contributed by atoms with Crippen molar-refractivity contribution >= 4 is 11.8 Å². The molecule has 1 saturated heterocycles. The van der Waals surface area contributed by atoms with Crippen LogP contribution >= 0.6 is 0 Å². The molecule has 1 fully saturated rings. The summed E-state index contributed by atoms with van der Waals surface area (Å²) >= 11 is 0. The van der Waals surface area contributed by atoms with Gasteiger partial charge in [-0.25, -0.2) is 0 Å². The molecular formula is C22H35N3O2. The monoisotopic (exact) mass is 373 g/mol. The lowest BCUT2D eigenvalue weighted by Gasteiger charge is -2.23. The van der Waals surface area contributed by atoms with E-state index < -0.39 is 0 Å². The van der Waals surface area contributed by atoms with Gasteiger partial charge in [0, 0.05) is 38.5 Å². The molecular weight excluding hydrogens is 338 g/mol. The number of carbonyl (C=O) groups is 2. The number of amides is 2. The highest BCUT2D eigenvalue weighted by Crippen LogP contribution is 2.17. The molecule has 2 N–H and O–H groups in total. The van der Waals surface area contributed by atoms with Crippen LogP contribution in [0.15, 0.2) is 30.3 Å². The van der Waals surface area contributed by atoms with Crippen molar-refractivity contribution < 1.29 is 9.59 Å². The number of hydrogen-bond donors (Lipinski definition) is 2. The first-order valence-corrected chi connectivity index (χ1v) is 10.4. The van der Waals surface area contributed by atoms with Crippen LogP contribution in [0.3, 0.4) is 0 Å². The molecule has 1 atom stereocenters. The fraction of sp³-hybridized carbons (Fsp3) is 0.636. The first-order valence-electron chi connectivity index (χ1n) is 10.4. The molecule has 2 rings (SSSR count). The number of rotatable bonds is 4. The van der Waals surface area contributed by atoms with Gasteiger partial charge in [-0.1, -0.05) is 44.2 Å². The molecule has 150 valence electrons. The summed E-state index contributed by atoms with van der Waals surface area (Å²) in [6, 6.07) is 10.2. The van der Waals surface area contributed by atoms with Crippen LogP contribution in [0.2, 0.25) is 0 Å². The highest BCUT2D eigenvalue weighted by atomic mass is 16.2. The van der Waals surface area contributed by atoms with Crippen molar-refractivity contribution in [3.8, 4) is 0 Å². The van der Waals surface area contributed by atoms with E-state index in [2.05, 4.69) is 36.6 Å². The maximum Gasteiger partial charge on any atom is 0.222 e. The molecule has 5 heteroatoms. The van der Waals surface area contributed by atoms with Crippen molar-refractivity contribution in [2.24, 2.45) is 5.92 Å². The molecule has 1 aromatic carbocycles. The van der Waals surface area contributed by atoms with Gasteiger partial charge in [0.1, 0.15) is 0 Å². The van der Waals surface area contributed by atoms with E-state index in [1.807, 2.05) is 23.1 Å². The Morgan fingerprint density at radius 3 is 2.59 bits per heavy atom. The third kappa shape index (κ3) is 8.12. The number of nitrogens with zero attached hydrogens (tertiary/aromatic N) is 1. The molecule has 0 aliphatic carbocycles. The minimum absolute atomic E-state index is 0.0377. The molecule has 27 heavy (non-hydrogen) atoms. The Morgan fingerprint density at radius 2 is 1.85 bits per heavy atom. The van der Waals surface area contributed by atoms with Gasteiger partial charge in [-0.15, -0.1) is 0 Å². The van der Waals surface area contributed by atoms with Gasteiger partial charge >= 0.3 is 0 Å². The Kier molecular flexibility index (Phi) is 9.32. The number of carbonyl (C=O) groups excluding carboxylic acids is 2. The third-order valence-electron chi connectivity index (χ3n) is 5.05. The summed E-state index contributed by atoms with van der Waals surface area (Å²) in [6.07, 6.45) is 4.80.